The minimum atomic E-state index is -1.75. The zero-order valence-corrected chi connectivity index (χ0v) is 17.7. The Morgan fingerprint density at radius 3 is 1.31 bits per heavy atom. The van der Waals surface area contributed by atoms with Crippen molar-refractivity contribution >= 4 is 11.9 Å². The average Bonchev–Trinajstić information content (AvgIpc) is 2.75. The number of hydrogen-bond acceptors (Lipinski definition) is 7. The van der Waals surface area contributed by atoms with Gasteiger partial charge in [-0.2, -0.15) is 9.88 Å². The number of esters is 2. The van der Waals surface area contributed by atoms with Gasteiger partial charge < -0.3 is 14.2 Å². The summed E-state index contributed by atoms with van der Waals surface area (Å²) < 4.78 is 96.5. The van der Waals surface area contributed by atoms with E-state index in [-0.39, 0.29) is 18.8 Å². The van der Waals surface area contributed by atoms with E-state index >= 15 is 0 Å². The average molecular weight is 496 g/mol. The molecule has 0 saturated heterocycles. The molecule has 0 saturated carbocycles. The molecule has 0 amide bonds. The third-order valence-corrected chi connectivity index (χ3v) is 1.70. The molecule has 0 bridgehead atoms. The Kier molecular flexibility index (Phi) is 49.2. The van der Waals surface area contributed by atoms with Crippen molar-refractivity contribution < 1.29 is 69.1 Å². The molecular formula is C17H28F8O7. The highest BCUT2D eigenvalue weighted by atomic mass is 19.3. The van der Waals surface area contributed by atoms with E-state index in [9.17, 15) is 45.0 Å². The van der Waals surface area contributed by atoms with Gasteiger partial charge in [-0.3, -0.25) is 0 Å². The number of carbonyl (C=O) groups excluding carboxylic acids is 2. The van der Waals surface area contributed by atoms with Crippen LogP contribution in [0.25, 0.3) is 0 Å². The molecule has 0 aromatic carbocycles. The van der Waals surface area contributed by atoms with E-state index in [1.165, 1.54) is 13.8 Å². The largest absolute Gasteiger partial charge is 0.460 e. The molecule has 32 heavy (non-hydrogen) atoms. The first-order chi connectivity index (χ1) is 15.1. The molecule has 0 aliphatic rings. The quantitative estimate of drug-likeness (QED) is 0.135. The van der Waals surface area contributed by atoms with Crippen molar-refractivity contribution in [1.82, 2.24) is 0 Å². The van der Waals surface area contributed by atoms with E-state index in [4.69, 9.17) is 0 Å². The number of alkyl halides is 6. The van der Waals surface area contributed by atoms with Gasteiger partial charge in [0.1, 0.15) is 33.2 Å². The Bertz CT molecular complexity index is 424. The van der Waals surface area contributed by atoms with E-state index in [0.717, 1.165) is 0 Å². The van der Waals surface area contributed by atoms with Gasteiger partial charge in [0.25, 0.3) is 0 Å². The van der Waals surface area contributed by atoms with Gasteiger partial charge in [0.2, 0.25) is 13.8 Å². The maximum absolute atomic E-state index is 11.3. The lowest BCUT2D eigenvalue weighted by Crippen LogP contribution is -2.06. The van der Waals surface area contributed by atoms with Crippen molar-refractivity contribution in [3.8, 4) is 0 Å². The molecule has 0 atom stereocenters. The minimum absolute atomic E-state index is 0.107. The molecule has 0 spiro atoms. The molecule has 15 heteroatoms. The highest BCUT2D eigenvalue weighted by molar-refractivity contribution is 5.87. The van der Waals surface area contributed by atoms with Crippen LogP contribution in [0.3, 0.4) is 0 Å². The molecule has 0 aromatic rings. The second-order valence-corrected chi connectivity index (χ2v) is 4.35. The number of halogens is 8. The lowest BCUT2D eigenvalue weighted by atomic mass is 10.4. The summed E-state index contributed by atoms with van der Waals surface area (Å²) in [4.78, 5) is 26.4. The van der Waals surface area contributed by atoms with Crippen molar-refractivity contribution in [1.29, 1.82) is 0 Å². The predicted octanol–water partition coefficient (Wildman–Crippen LogP) is 4.68. The van der Waals surface area contributed by atoms with E-state index in [0.29, 0.717) is 5.57 Å². The standard InChI is InChI=1S/C6H9FO2.C5H7FO2.C3H6F2O2.C2H4F2O.CH2F2/c1-5(2)6(8)9-4-3-7;1-4(2)5(7)8-3-6;4-1-2-6-3-7-5;3-1-2-5-4;2-1-3/h1,3-4H2,2H3;1,3H2,2H3;1-3H2;1-2H2;1H2. The fourth-order valence-electron chi connectivity index (χ4n) is 0.601. The molecule has 0 radical (unpaired) electrons. The molecule has 7 nitrogen and oxygen atoms in total. The maximum atomic E-state index is 11.3. The number of ether oxygens (including phenoxy) is 3. The van der Waals surface area contributed by atoms with Crippen molar-refractivity contribution in [2.45, 2.75) is 13.8 Å². The fraction of sp³-hybridized carbons (Fsp3) is 0.647. The van der Waals surface area contributed by atoms with Crippen LogP contribution in [0.5, 0.6) is 0 Å². The van der Waals surface area contributed by atoms with Gasteiger partial charge in [0.05, 0.1) is 6.61 Å². The summed E-state index contributed by atoms with van der Waals surface area (Å²) in [5.41, 5.74) is 0.506. The summed E-state index contributed by atoms with van der Waals surface area (Å²) in [6.07, 6.45) is 0. The van der Waals surface area contributed by atoms with Gasteiger partial charge in [0, 0.05) is 11.1 Å². The summed E-state index contributed by atoms with van der Waals surface area (Å²) in [6.45, 7) is 3.48. The molecule has 194 valence electrons. The normalized spacial score (nSPS) is 8.44. The van der Waals surface area contributed by atoms with Gasteiger partial charge in [0.15, 0.2) is 6.79 Å². The Hall–Kier alpha value is -2.26. The van der Waals surface area contributed by atoms with Crippen LogP contribution in [0, 0.1) is 0 Å². The van der Waals surface area contributed by atoms with Crippen LogP contribution in [0.15, 0.2) is 24.3 Å². The van der Waals surface area contributed by atoms with Crippen LogP contribution in [-0.4, -0.2) is 72.4 Å². The maximum Gasteiger partial charge on any atom is 0.335 e. The zero-order chi connectivity index (χ0) is 26.2. The lowest BCUT2D eigenvalue weighted by Gasteiger charge is -1.98. The number of rotatable bonds is 11. The molecule has 0 N–H and O–H groups in total. The van der Waals surface area contributed by atoms with Gasteiger partial charge in [-0.15, -0.1) is 0 Å². The van der Waals surface area contributed by atoms with Crippen molar-refractivity contribution in [3.05, 3.63) is 24.3 Å². The Morgan fingerprint density at radius 2 is 1.09 bits per heavy atom. The van der Waals surface area contributed by atoms with Gasteiger partial charge in [-0.05, 0) is 22.9 Å². The molecule has 0 fully saturated rings. The van der Waals surface area contributed by atoms with Crippen LogP contribution >= 0.6 is 0 Å². The van der Waals surface area contributed by atoms with Crippen LogP contribution in [0.2, 0.25) is 0 Å². The monoisotopic (exact) mass is 496 g/mol. The number of carbonyl (C=O) groups is 2. The number of hydrogen-bond donors (Lipinski definition) is 0. The van der Waals surface area contributed by atoms with E-state index in [1.807, 2.05) is 0 Å². The van der Waals surface area contributed by atoms with Crippen LogP contribution in [-0.2, 0) is 33.7 Å². The van der Waals surface area contributed by atoms with Crippen molar-refractivity contribution in [2.75, 3.05) is 60.4 Å². The first-order valence-corrected chi connectivity index (χ1v) is 8.17. The molecule has 0 heterocycles. The molecule has 0 aliphatic carbocycles. The fourth-order valence-corrected chi connectivity index (χ4v) is 0.601. The van der Waals surface area contributed by atoms with E-state index in [1.54, 1.807) is 0 Å². The Morgan fingerprint density at radius 1 is 0.688 bits per heavy atom. The SMILES string of the molecule is C=C(C)C(=O)OCCF.C=C(C)C(=O)OCF.FCCOCOF.FCCOF.FCF. The van der Waals surface area contributed by atoms with E-state index < -0.39 is 59.2 Å². The van der Waals surface area contributed by atoms with Crippen LogP contribution < -0.4 is 0 Å². The summed E-state index contributed by atoms with van der Waals surface area (Å²) in [7, 11) is 0. The third kappa shape index (κ3) is 56.5. The zero-order valence-electron chi connectivity index (χ0n) is 17.7. The highest BCUT2D eigenvalue weighted by Crippen LogP contribution is 1.91. The Balaban J connectivity index is -0.0000000987. The van der Waals surface area contributed by atoms with Gasteiger partial charge in [-0.1, -0.05) is 13.2 Å². The van der Waals surface area contributed by atoms with Crippen LogP contribution in [0.4, 0.5) is 35.4 Å². The molecule has 0 unspecified atom stereocenters. The summed E-state index contributed by atoms with van der Waals surface area (Å²) in [5, 5.41) is 0. The first kappa shape index (κ1) is 40.1. The second kappa shape index (κ2) is 39.2. The smallest absolute Gasteiger partial charge is 0.335 e. The van der Waals surface area contributed by atoms with Crippen molar-refractivity contribution in [2.24, 2.45) is 0 Å². The molecule has 0 aliphatic heterocycles. The third-order valence-electron chi connectivity index (χ3n) is 1.70. The van der Waals surface area contributed by atoms with Crippen LogP contribution in [0.1, 0.15) is 13.8 Å². The minimum Gasteiger partial charge on any atom is -0.460 e. The van der Waals surface area contributed by atoms with Crippen molar-refractivity contribution in [3.63, 3.8) is 0 Å². The summed E-state index contributed by atoms with van der Waals surface area (Å²) in [6, 6.07) is 0. The lowest BCUT2D eigenvalue weighted by molar-refractivity contribution is -0.212. The summed E-state index contributed by atoms with van der Waals surface area (Å²) >= 11 is 0. The summed E-state index contributed by atoms with van der Waals surface area (Å²) in [5.74, 6) is -1.22. The molecule has 0 aromatic heterocycles. The van der Waals surface area contributed by atoms with Gasteiger partial charge in [-0.25, -0.2) is 35.9 Å². The first-order valence-electron chi connectivity index (χ1n) is 8.17. The molecular weight excluding hydrogens is 468 g/mol. The topological polar surface area (TPSA) is 80.3 Å². The van der Waals surface area contributed by atoms with E-state index in [2.05, 4.69) is 37.3 Å². The Labute approximate surface area is 180 Å². The predicted molar refractivity (Wildman–Crippen MR) is 97.7 cm³/mol. The van der Waals surface area contributed by atoms with Gasteiger partial charge >= 0.3 is 11.9 Å². The molecule has 0 rings (SSSR count). The highest BCUT2D eigenvalue weighted by Gasteiger charge is 2.00. The second-order valence-electron chi connectivity index (χ2n) is 4.35.